The Morgan fingerprint density at radius 1 is 1.90 bits per heavy atom. The summed E-state index contributed by atoms with van der Waals surface area (Å²) in [5.41, 5.74) is 6.59. The molecule has 0 aliphatic carbocycles. The van der Waals surface area contributed by atoms with Gasteiger partial charge in [0.05, 0.1) is 0 Å². The van der Waals surface area contributed by atoms with E-state index in [1.807, 2.05) is 13.0 Å². The van der Waals surface area contributed by atoms with Gasteiger partial charge in [-0.2, -0.15) is 0 Å². The van der Waals surface area contributed by atoms with Crippen molar-refractivity contribution in [2.45, 2.75) is 6.92 Å². The Bertz CT molecular complexity index is 214. The molecule has 0 radical (unpaired) electrons. The van der Waals surface area contributed by atoms with Crippen LogP contribution < -0.4 is 5.73 Å². The molecule has 1 aromatic heterocycles. The first-order chi connectivity index (χ1) is 4.83. The first kappa shape index (κ1) is 7.44. The quantitative estimate of drug-likeness (QED) is 0.701. The summed E-state index contributed by atoms with van der Waals surface area (Å²) in [6.45, 7) is 2.64. The molecule has 10 heavy (non-hydrogen) atoms. The van der Waals surface area contributed by atoms with Crippen LogP contribution in [0.5, 0.6) is 0 Å². The minimum Gasteiger partial charge on any atom is -0.327 e. The van der Waals surface area contributed by atoms with Crippen molar-refractivity contribution in [1.82, 2.24) is 4.37 Å². The van der Waals surface area contributed by atoms with Crippen molar-refractivity contribution in [3.05, 3.63) is 22.7 Å². The molecule has 0 aliphatic heterocycles. The second-order valence-corrected chi connectivity index (χ2v) is 2.97. The standard InChI is InChI=1S/C7H10N2S/c1-6(5-8)4-7-2-3-9-10-7/h2-4H,5,8H2,1H3/b6-4+. The molecule has 0 aliphatic rings. The SMILES string of the molecule is C/C(=C\c1ccns1)CN. The number of hydrogen-bond acceptors (Lipinski definition) is 3. The fraction of sp³-hybridized carbons (Fsp3) is 0.286. The highest BCUT2D eigenvalue weighted by Gasteiger charge is 1.88. The fourth-order valence-electron chi connectivity index (χ4n) is 0.602. The number of nitrogens with two attached hydrogens (primary N) is 1. The van der Waals surface area contributed by atoms with Gasteiger partial charge >= 0.3 is 0 Å². The molecule has 3 heteroatoms. The van der Waals surface area contributed by atoms with E-state index < -0.39 is 0 Å². The lowest BCUT2D eigenvalue weighted by Gasteiger charge is -1.90. The van der Waals surface area contributed by atoms with Gasteiger partial charge in [0.1, 0.15) is 0 Å². The zero-order valence-corrected chi connectivity index (χ0v) is 6.69. The highest BCUT2D eigenvalue weighted by molar-refractivity contribution is 7.06. The Morgan fingerprint density at radius 3 is 3.20 bits per heavy atom. The Labute approximate surface area is 64.5 Å². The summed E-state index contributed by atoms with van der Waals surface area (Å²) in [7, 11) is 0. The molecule has 1 aromatic rings. The summed E-state index contributed by atoms with van der Waals surface area (Å²) in [5.74, 6) is 0. The molecule has 0 saturated heterocycles. The average molecular weight is 154 g/mol. The van der Waals surface area contributed by atoms with E-state index in [-0.39, 0.29) is 0 Å². The van der Waals surface area contributed by atoms with Gasteiger partial charge in [0.15, 0.2) is 0 Å². The Morgan fingerprint density at radius 2 is 2.70 bits per heavy atom. The summed E-state index contributed by atoms with van der Waals surface area (Å²) >= 11 is 1.48. The maximum atomic E-state index is 5.40. The van der Waals surface area contributed by atoms with Gasteiger partial charge < -0.3 is 5.73 Å². The molecule has 0 fully saturated rings. The predicted molar refractivity (Wildman–Crippen MR) is 44.8 cm³/mol. The lowest BCUT2D eigenvalue weighted by Crippen LogP contribution is -1.98. The van der Waals surface area contributed by atoms with Crippen molar-refractivity contribution < 1.29 is 0 Å². The molecule has 1 rings (SSSR count). The zero-order chi connectivity index (χ0) is 7.40. The van der Waals surface area contributed by atoms with Crippen LogP contribution in [0.4, 0.5) is 0 Å². The van der Waals surface area contributed by atoms with E-state index in [4.69, 9.17) is 5.73 Å². The van der Waals surface area contributed by atoms with E-state index >= 15 is 0 Å². The molecule has 0 unspecified atom stereocenters. The van der Waals surface area contributed by atoms with Crippen LogP contribution >= 0.6 is 11.5 Å². The van der Waals surface area contributed by atoms with Gasteiger partial charge in [0, 0.05) is 17.6 Å². The molecule has 54 valence electrons. The maximum Gasteiger partial charge on any atom is 0.0477 e. The van der Waals surface area contributed by atoms with Gasteiger partial charge in [-0.3, -0.25) is 0 Å². The lowest BCUT2D eigenvalue weighted by molar-refractivity contribution is 1.15. The molecule has 0 spiro atoms. The van der Waals surface area contributed by atoms with Gasteiger partial charge in [0.25, 0.3) is 0 Å². The van der Waals surface area contributed by atoms with Gasteiger partial charge in [-0.05, 0) is 30.6 Å². The second kappa shape index (κ2) is 3.49. The molecular formula is C7H10N2S. The first-order valence-corrected chi connectivity index (χ1v) is 3.88. The van der Waals surface area contributed by atoms with Crippen molar-refractivity contribution in [2.75, 3.05) is 6.54 Å². The predicted octanol–water partition coefficient (Wildman–Crippen LogP) is 1.51. The highest BCUT2D eigenvalue weighted by Crippen LogP contribution is 2.08. The summed E-state index contributed by atoms with van der Waals surface area (Å²) in [6, 6.07) is 1.98. The van der Waals surface area contributed by atoms with Crippen molar-refractivity contribution in [2.24, 2.45) is 5.73 Å². The first-order valence-electron chi connectivity index (χ1n) is 3.11. The van der Waals surface area contributed by atoms with Crippen LogP contribution in [0, 0.1) is 0 Å². The lowest BCUT2D eigenvalue weighted by atomic mass is 10.3. The zero-order valence-electron chi connectivity index (χ0n) is 5.87. The molecule has 0 atom stereocenters. The fourth-order valence-corrected chi connectivity index (χ4v) is 1.22. The van der Waals surface area contributed by atoms with Crippen LogP contribution in [0.1, 0.15) is 11.8 Å². The Kier molecular flexibility index (Phi) is 2.59. The third-order valence-electron chi connectivity index (χ3n) is 1.17. The van der Waals surface area contributed by atoms with Gasteiger partial charge in [-0.15, -0.1) is 0 Å². The molecule has 2 N–H and O–H groups in total. The number of rotatable bonds is 2. The van der Waals surface area contributed by atoms with Gasteiger partial charge in [-0.25, -0.2) is 4.37 Å². The highest BCUT2D eigenvalue weighted by atomic mass is 32.1. The smallest absolute Gasteiger partial charge is 0.0477 e. The normalized spacial score (nSPS) is 12.0. The number of hydrogen-bond donors (Lipinski definition) is 1. The van der Waals surface area contributed by atoms with E-state index in [0.29, 0.717) is 6.54 Å². The minimum atomic E-state index is 0.623. The van der Waals surface area contributed by atoms with Crippen molar-refractivity contribution in [3.8, 4) is 0 Å². The third kappa shape index (κ3) is 1.93. The molecule has 1 heterocycles. The van der Waals surface area contributed by atoms with Crippen molar-refractivity contribution in [1.29, 1.82) is 0 Å². The van der Waals surface area contributed by atoms with E-state index in [0.717, 1.165) is 0 Å². The summed E-state index contributed by atoms with van der Waals surface area (Å²) in [6.07, 6.45) is 3.85. The molecule has 0 amide bonds. The monoisotopic (exact) mass is 154 g/mol. The van der Waals surface area contributed by atoms with Gasteiger partial charge in [0.2, 0.25) is 0 Å². The van der Waals surface area contributed by atoms with E-state index in [1.54, 1.807) is 6.20 Å². The van der Waals surface area contributed by atoms with E-state index in [1.165, 1.54) is 22.0 Å². The minimum absolute atomic E-state index is 0.623. The van der Waals surface area contributed by atoms with Crippen LogP contribution in [-0.2, 0) is 0 Å². The Balaban J connectivity index is 2.71. The maximum absolute atomic E-state index is 5.40. The number of nitrogens with zero attached hydrogens (tertiary/aromatic N) is 1. The van der Waals surface area contributed by atoms with E-state index in [9.17, 15) is 0 Å². The largest absolute Gasteiger partial charge is 0.327 e. The third-order valence-corrected chi connectivity index (χ3v) is 1.86. The van der Waals surface area contributed by atoms with Crippen LogP contribution in [-0.4, -0.2) is 10.9 Å². The summed E-state index contributed by atoms with van der Waals surface area (Å²) in [5, 5.41) is 0. The molecule has 2 nitrogen and oxygen atoms in total. The molecule has 0 saturated carbocycles. The van der Waals surface area contributed by atoms with Crippen LogP contribution in [0.25, 0.3) is 6.08 Å². The molecular weight excluding hydrogens is 144 g/mol. The number of aromatic nitrogens is 1. The summed E-state index contributed by atoms with van der Waals surface area (Å²) < 4.78 is 3.97. The van der Waals surface area contributed by atoms with Crippen LogP contribution in [0.15, 0.2) is 17.8 Å². The molecule has 0 bridgehead atoms. The van der Waals surface area contributed by atoms with Crippen LogP contribution in [0.3, 0.4) is 0 Å². The van der Waals surface area contributed by atoms with Crippen molar-refractivity contribution in [3.63, 3.8) is 0 Å². The molecule has 0 aromatic carbocycles. The summed E-state index contributed by atoms with van der Waals surface area (Å²) in [4.78, 5) is 1.17. The average Bonchev–Trinajstić information content (AvgIpc) is 2.40. The topological polar surface area (TPSA) is 38.9 Å². The van der Waals surface area contributed by atoms with E-state index in [2.05, 4.69) is 10.4 Å². The second-order valence-electron chi connectivity index (χ2n) is 2.11. The van der Waals surface area contributed by atoms with Gasteiger partial charge in [-0.1, -0.05) is 5.57 Å². The Hall–Kier alpha value is -0.670. The van der Waals surface area contributed by atoms with Crippen LogP contribution in [0.2, 0.25) is 0 Å². The van der Waals surface area contributed by atoms with Crippen molar-refractivity contribution >= 4 is 17.6 Å².